The quantitative estimate of drug-likeness (QED) is 0.686. The van der Waals surface area contributed by atoms with Crippen LogP contribution in [0.5, 0.6) is 11.5 Å². The van der Waals surface area contributed by atoms with Crippen LogP contribution in [-0.4, -0.2) is 17.1 Å². The average molecular weight is 301 g/mol. The molecule has 4 nitrogen and oxygen atoms in total. The summed E-state index contributed by atoms with van der Waals surface area (Å²) >= 11 is 6.19. The summed E-state index contributed by atoms with van der Waals surface area (Å²) in [5, 5.41) is 1.01. The van der Waals surface area contributed by atoms with Gasteiger partial charge in [0.1, 0.15) is 18.1 Å². The number of aromatic nitrogens is 2. The van der Waals surface area contributed by atoms with Crippen LogP contribution in [0.25, 0.3) is 10.9 Å². The first-order chi connectivity index (χ1) is 10.3. The van der Waals surface area contributed by atoms with Gasteiger partial charge in [-0.15, -0.1) is 0 Å². The zero-order chi connectivity index (χ0) is 14.7. The lowest BCUT2D eigenvalue weighted by atomic mass is 10.2. The fourth-order valence-electron chi connectivity index (χ4n) is 2.10. The number of halogens is 1. The van der Waals surface area contributed by atoms with Crippen molar-refractivity contribution in [1.29, 1.82) is 0 Å². The first-order valence-electron chi connectivity index (χ1n) is 6.43. The van der Waals surface area contributed by atoms with Crippen molar-refractivity contribution in [3.63, 3.8) is 0 Å². The molecule has 5 heteroatoms. The summed E-state index contributed by atoms with van der Waals surface area (Å²) < 4.78 is 11.3. The van der Waals surface area contributed by atoms with Gasteiger partial charge in [-0.2, -0.15) is 0 Å². The maximum Gasteiger partial charge on any atom is 0.174 e. The molecule has 1 aromatic heterocycles. The molecule has 0 radical (unpaired) electrons. The van der Waals surface area contributed by atoms with Crippen molar-refractivity contribution in [3.8, 4) is 11.5 Å². The molecular weight excluding hydrogens is 288 g/mol. The molecule has 0 fully saturated rings. The minimum Gasteiger partial charge on any atom is -0.493 e. The summed E-state index contributed by atoms with van der Waals surface area (Å²) in [7, 11) is 1.59. The Balaban J connectivity index is 2.03. The van der Waals surface area contributed by atoms with Crippen LogP contribution < -0.4 is 9.47 Å². The van der Waals surface area contributed by atoms with Gasteiger partial charge in [0.05, 0.1) is 18.0 Å². The Morgan fingerprint density at radius 3 is 2.62 bits per heavy atom. The predicted molar refractivity (Wildman–Crippen MR) is 81.9 cm³/mol. The lowest BCUT2D eigenvalue weighted by molar-refractivity contribution is 0.288. The lowest BCUT2D eigenvalue weighted by Gasteiger charge is -2.13. The first kappa shape index (κ1) is 13.6. The minimum atomic E-state index is 0.349. The summed E-state index contributed by atoms with van der Waals surface area (Å²) in [6, 6.07) is 13.5. The SMILES string of the molecule is COc1ccc2ncnc(Cl)c2c1OCc1ccccc1. The molecule has 0 aliphatic heterocycles. The molecule has 0 bridgehead atoms. The van der Waals surface area contributed by atoms with Crippen molar-refractivity contribution in [2.75, 3.05) is 7.11 Å². The van der Waals surface area contributed by atoms with Gasteiger partial charge in [-0.25, -0.2) is 9.97 Å². The number of nitrogens with zero attached hydrogens (tertiary/aromatic N) is 2. The van der Waals surface area contributed by atoms with Crippen LogP contribution in [0, 0.1) is 0 Å². The van der Waals surface area contributed by atoms with Gasteiger partial charge in [0.25, 0.3) is 0 Å². The van der Waals surface area contributed by atoms with E-state index in [1.807, 2.05) is 42.5 Å². The number of methoxy groups -OCH3 is 1. The Morgan fingerprint density at radius 1 is 1.05 bits per heavy atom. The average Bonchev–Trinajstić information content (AvgIpc) is 2.53. The van der Waals surface area contributed by atoms with E-state index >= 15 is 0 Å². The fourth-order valence-corrected chi connectivity index (χ4v) is 2.33. The normalized spacial score (nSPS) is 10.6. The smallest absolute Gasteiger partial charge is 0.174 e. The molecule has 106 valence electrons. The third-order valence-corrected chi connectivity index (χ3v) is 3.41. The highest BCUT2D eigenvalue weighted by molar-refractivity contribution is 6.34. The van der Waals surface area contributed by atoms with E-state index in [9.17, 15) is 0 Å². The summed E-state index contributed by atoms with van der Waals surface area (Å²) in [6.45, 7) is 0.418. The molecule has 0 N–H and O–H groups in total. The van der Waals surface area contributed by atoms with Crippen molar-refractivity contribution in [1.82, 2.24) is 9.97 Å². The van der Waals surface area contributed by atoms with Gasteiger partial charge in [-0.1, -0.05) is 41.9 Å². The standard InChI is InChI=1S/C16H13ClN2O2/c1-20-13-8-7-12-14(16(17)19-10-18-12)15(13)21-9-11-5-3-2-4-6-11/h2-8,10H,9H2,1H3. The monoisotopic (exact) mass is 300 g/mol. The molecule has 0 spiro atoms. The Labute approximate surface area is 127 Å². The van der Waals surface area contributed by atoms with Gasteiger partial charge in [-0.3, -0.25) is 0 Å². The van der Waals surface area contributed by atoms with E-state index in [2.05, 4.69) is 9.97 Å². The molecule has 0 atom stereocenters. The van der Waals surface area contributed by atoms with Crippen LogP contribution in [0.1, 0.15) is 5.56 Å². The van der Waals surface area contributed by atoms with E-state index in [1.54, 1.807) is 7.11 Å². The number of rotatable bonds is 4. The van der Waals surface area contributed by atoms with E-state index in [0.29, 0.717) is 28.6 Å². The van der Waals surface area contributed by atoms with Gasteiger partial charge in [-0.05, 0) is 17.7 Å². The molecule has 0 unspecified atom stereocenters. The molecule has 21 heavy (non-hydrogen) atoms. The van der Waals surface area contributed by atoms with Crippen molar-refractivity contribution in [3.05, 3.63) is 59.5 Å². The van der Waals surface area contributed by atoms with Crippen molar-refractivity contribution in [2.24, 2.45) is 0 Å². The number of hydrogen-bond donors (Lipinski definition) is 0. The van der Waals surface area contributed by atoms with E-state index in [0.717, 1.165) is 11.1 Å². The molecule has 3 aromatic rings. The van der Waals surface area contributed by atoms with Gasteiger partial charge < -0.3 is 9.47 Å². The van der Waals surface area contributed by atoms with Crippen molar-refractivity contribution >= 4 is 22.5 Å². The molecule has 0 aliphatic rings. The third-order valence-electron chi connectivity index (χ3n) is 3.12. The highest BCUT2D eigenvalue weighted by atomic mass is 35.5. The van der Waals surface area contributed by atoms with Gasteiger partial charge >= 0.3 is 0 Å². The van der Waals surface area contributed by atoms with Crippen LogP contribution >= 0.6 is 11.6 Å². The molecular formula is C16H13ClN2O2. The summed E-state index contributed by atoms with van der Waals surface area (Å²) in [4.78, 5) is 8.22. The number of ether oxygens (including phenoxy) is 2. The highest BCUT2D eigenvalue weighted by Crippen LogP contribution is 2.38. The predicted octanol–water partition coefficient (Wildman–Crippen LogP) is 3.87. The summed E-state index contributed by atoms with van der Waals surface area (Å²) in [5.74, 6) is 1.17. The molecule has 0 aliphatic carbocycles. The summed E-state index contributed by atoms with van der Waals surface area (Å²) in [5.41, 5.74) is 1.78. The maximum atomic E-state index is 6.19. The Bertz CT molecular complexity index is 763. The topological polar surface area (TPSA) is 44.2 Å². The van der Waals surface area contributed by atoms with Crippen LogP contribution in [0.15, 0.2) is 48.8 Å². The highest BCUT2D eigenvalue weighted by Gasteiger charge is 2.14. The van der Waals surface area contributed by atoms with E-state index in [4.69, 9.17) is 21.1 Å². The van der Waals surface area contributed by atoms with Crippen LogP contribution in [0.4, 0.5) is 0 Å². The molecule has 3 rings (SSSR count). The first-order valence-corrected chi connectivity index (χ1v) is 6.81. The van der Waals surface area contributed by atoms with E-state index < -0.39 is 0 Å². The number of benzene rings is 2. The Morgan fingerprint density at radius 2 is 1.86 bits per heavy atom. The van der Waals surface area contributed by atoms with Gasteiger partial charge in [0, 0.05) is 0 Å². The lowest BCUT2D eigenvalue weighted by Crippen LogP contribution is -1.99. The number of hydrogen-bond acceptors (Lipinski definition) is 4. The summed E-state index contributed by atoms with van der Waals surface area (Å²) in [6.07, 6.45) is 1.43. The second-order valence-electron chi connectivity index (χ2n) is 4.43. The molecule has 1 heterocycles. The molecule has 0 amide bonds. The molecule has 2 aromatic carbocycles. The van der Waals surface area contributed by atoms with Crippen molar-refractivity contribution < 1.29 is 9.47 Å². The van der Waals surface area contributed by atoms with Gasteiger partial charge in [0.2, 0.25) is 0 Å². The van der Waals surface area contributed by atoms with E-state index in [-0.39, 0.29) is 0 Å². The zero-order valence-electron chi connectivity index (χ0n) is 11.4. The Hall–Kier alpha value is -2.33. The number of fused-ring (bicyclic) bond motifs is 1. The van der Waals surface area contributed by atoms with Crippen LogP contribution in [0.2, 0.25) is 5.15 Å². The fraction of sp³-hybridized carbons (Fsp3) is 0.125. The van der Waals surface area contributed by atoms with Crippen LogP contribution in [0.3, 0.4) is 0 Å². The molecule has 0 saturated carbocycles. The second-order valence-corrected chi connectivity index (χ2v) is 4.79. The minimum absolute atomic E-state index is 0.349. The maximum absolute atomic E-state index is 6.19. The molecule has 0 saturated heterocycles. The third kappa shape index (κ3) is 2.76. The van der Waals surface area contributed by atoms with Crippen molar-refractivity contribution in [2.45, 2.75) is 6.61 Å². The van der Waals surface area contributed by atoms with Gasteiger partial charge in [0.15, 0.2) is 11.5 Å². The second kappa shape index (κ2) is 5.97. The largest absolute Gasteiger partial charge is 0.493 e. The Kier molecular flexibility index (Phi) is 3.88. The van der Waals surface area contributed by atoms with Crippen LogP contribution in [-0.2, 0) is 6.61 Å². The zero-order valence-corrected chi connectivity index (χ0v) is 12.2. The van der Waals surface area contributed by atoms with E-state index in [1.165, 1.54) is 6.33 Å².